The van der Waals surface area contributed by atoms with E-state index in [1.807, 2.05) is 60.7 Å². The third-order valence-electron chi connectivity index (χ3n) is 7.83. The van der Waals surface area contributed by atoms with E-state index in [2.05, 4.69) is 20.8 Å². The molecule has 0 heterocycles. The number of carbonyl (C=O) groups is 2. The van der Waals surface area contributed by atoms with Crippen LogP contribution in [-0.2, 0) is 19.1 Å². The van der Waals surface area contributed by atoms with Crippen molar-refractivity contribution < 1.29 is 28.5 Å². The van der Waals surface area contributed by atoms with Gasteiger partial charge in [0.05, 0.1) is 26.9 Å². The maximum Gasteiger partial charge on any atom is 0.306 e. The lowest BCUT2D eigenvalue weighted by atomic mass is 9.72. The summed E-state index contributed by atoms with van der Waals surface area (Å²) in [5, 5.41) is 0. The van der Waals surface area contributed by atoms with E-state index in [-0.39, 0.29) is 29.2 Å². The fourth-order valence-electron chi connectivity index (χ4n) is 4.99. The summed E-state index contributed by atoms with van der Waals surface area (Å²) in [6, 6.07) is 19.7. The van der Waals surface area contributed by atoms with Gasteiger partial charge in [-0.1, -0.05) is 82.9 Å². The van der Waals surface area contributed by atoms with E-state index < -0.39 is 0 Å². The SMILES string of the molecule is COC(=O)CC(CCCCCCOc1ccccc1)C(C)(C)CCOC(=O)CC(C)CCCCOc1ccccc1. The van der Waals surface area contributed by atoms with Gasteiger partial charge in [-0.3, -0.25) is 9.59 Å². The quantitative estimate of drug-likeness (QED) is 0.105. The summed E-state index contributed by atoms with van der Waals surface area (Å²) in [6.07, 6.45) is 9.68. The monoisotopic (exact) mass is 568 g/mol. The zero-order valence-corrected chi connectivity index (χ0v) is 25.8. The van der Waals surface area contributed by atoms with E-state index in [1.165, 1.54) is 7.11 Å². The highest BCUT2D eigenvalue weighted by Gasteiger charge is 2.31. The van der Waals surface area contributed by atoms with Crippen LogP contribution in [0, 0.1) is 17.3 Å². The molecule has 2 unspecified atom stereocenters. The van der Waals surface area contributed by atoms with E-state index in [4.69, 9.17) is 18.9 Å². The van der Waals surface area contributed by atoms with Crippen molar-refractivity contribution >= 4 is 11.9 Å². The Hall–Kier alpha value is -3.02. The van der Waals surface area contributed by atoms with Crippen molar-refractivity contribution in [3.63, 3.8) is 0 Å². The fraction of sp³-hybridized carbons (Fsp3) is 0.600. The number of benzene rings is 2. The van der Waals surface area contributed by atoms with Gasteiger partial charge in [-0.15, -0.1) is 0 Å². The Morgan fingerprint density at radius 1 is 0.683 bits per heavy atom. The van der Waals surface area contributed by atoms with Gasteiger partial charge in [-0.2, -0.15) is 0 Å². The summed E-state index contributed by atoms with van der Waals surface area (Å²) in [7, 11) is 1.44. The lowest BCUT2D eigenvalue weighted by Gasteiger charge is -2.34. The minimum absolute atomic E-state index is 0.143. The smallest absolute Gasteiger partial charge is 0.306 e. The molecule has 0 radical (unpaired) electrons. The van der Waals surface area contributed by atoms with Crippen LogP contribution in [0.4, 0.5) is 0 Å². The first-order valence-corrected chi connectivity index (χ1v) is 15.4. The molecular formula is C35H52O6. The highest BCUT2D eigenvalue weighted by molar-refractivity contribution is 5.70. The van der Waals surface area contributed by atoms with E-state index in [1.54, 1.807) is 0 Å². The van der Waals surface area contributed by atoms with Gasteiger partial charge in [0, 0.05) is 12.8 Å². The van der Waals surface area contributed by atoms with Gasteiger partial charge in [-0.05, 0) is 73.6 Å². The largest absolute Gasteiger partial charge is 0.494 e. The topological polar surface area (TPSA) is 71.1 Å². The number of carbonyl (C=O) groups excluding carboxylic acids is 2. The third kappa shape index (κ3) is 15.5. The van der Waals surface area contributed by atoms with Crippen molar-refractivity contribution in [1.82, 2.24) is 0 Å². The normalized spacial score (nSPS) is 12.8. The van der Waals surface area contributed by atoms with Crippen molar-refractivity contribution in [2.75, 3.05) is 26.9 Å². The predicted molar refractivity (Wildman–Crippen MR) is 164 cm³/mol. The molecule has 0 aliphatic carbocycles. The Balaban J connectivity index is 1.62. The van der Waals surface area contributed by atoms with Gasteiger partial charge in [0.15, 0.2) is 0 Å². The lowest BCUT2D eigenvalue weighted by Crippen LogP contribution is -2.29. The molecule has 228 valence electrons. The summed E-state index contributed by atoms with van der Waals surface area (Å²) in [5.41, 5.74) is -0.144. The molecule has 0 aliphatic heterocycles. The number of hydrogen-bond acceptors (Lipinski definition) is 6. The number of unbranched alkanes of at least 4 members (excludes halogenated alkanes) is 4. The van der Waals surface area contributed by atoms with Crippen molar-refractivity contribution in [2.45, 2.75) is 91.4 Å². The Morgan fingerprint density at radius 3 is 1.80 bits per heavy atom. The maximum atomic E-state index is 12.5. The highest BCUT2D eigenvalue weighted by Crippen LogP contribution is 2.37. The fourth-order valence-corrected chi connectivity index (χ4v) is 4.99. The minimum atomic E-state index is -0.181. The van der Waals surface area contributed by atoms with Crippen molar-refractivity contribution in [3.05, 3.63) is 60.7 Å². The summed E-state index contributed by atoms with van der Waals surface area (Å²) in [5.74, 6) is 1.93. The van der Waals surface area contributed by atoms with Crippen molar-refractivity contribution in [2.24, 2.45) is 17.3 Å². The second-order valence-corrected chi connectivity index (χ2v) is 11.8. The summed E-state index contributed by atoms with van der Waals surface area (Å²) in [4.78, 5) is 24.6. The number of para-hydroxylation sites is 2. The van der Waals surface area contributed by atoms with E-state index in [0.29, 0.717) is 32.7 Å². The van der Waals surface area contributed by atoms with Crippen LogP contribution in [0.3, 0.4) is 0 Å². The first-order valence-electron chi connectivity index (χ1n) is 15.4. The van der Waals surface area contributed by atoms with Gasteiger partial charge in [0.1, 0.15) is 11.5 Å². The molecule has 0 fully saturated rings. The molecule has 0 saturated carbocycles. The Bertz CT molecular complexity index is 959. The van der Waals surface area contributed by atoms with Crippen LogP contribution in [0.1, 0.15) is 91.4 Å². The average molecular weight is 569 g/mol. The second kappa shape index (κ2) is 20.0. The molecule has 2 aromatic rings. The van der Waals surface area contributed by atoms with Gasteiger partial charge in [0.2, 0.25) is 0 Å². The first kappa shape index (κ1) is 34.2. The summed E-state index contributed by atoms with van der Waals surface area (Å²) < 4.78 is 22.1. The molecule has 6 heteroatoms. The number of hydrogen-bond donors (Lipinski definition) is 0. The van der Waals surface area contributed by atoms with E-state index >= 15 is 0 Å². The van der Waals surface area contributed by atoms with Gasteiger partial charge in [0.25, 0.3) is 0 Å². The molecule has 0 aliphatic rings. The maximum absolute atomic E-state index is 12.5. The van der Waals surface area contributed by atoms with Crippen LogP contribution in [-0.4, -0.2) is 38.9 Å². The van der Waals surface area contributed by atoms with Gasteiger partial charge < -0.3 is 18.9 Å². The van der Waals surface area contributed by atoms with E-state index in [9.17, 15) is 9.59 Å². The standard InChI is InChI=1S/C35H52O6/c1-29(17-14-16-25-40-32-21-12-8-13-22-32)27-34(37)41-26-23-35(2,3)30(28-33(36)38-4)18-9-5-6-15-24-39-31-19-10-7-11-20-31/h7-8,10-13,19-22,29-30H,5-6,9,14-18,23-28H2,1-4H3. The van der Waals surface area contributed by atoms with Crippen LogP contribution in [0.5, 0.6) is 11.5 Å². The molecule has 2 rings (SSSR count). The molecule has 2 aromatic carbocycles. The molecular weight excluding hydrogens is 516 g/mol. The Kier molecular flexibility index (Phi) is 16.6. The molecule has 0 amide bonds. The number of esters is 2. The molecule has 6 nitrogen and oxygen atoms in total. The van der Waals surface area contributed by atoms with Crippen molar-refractivity contribution in [1.29, 1.82) is 0 Å². The zero-order valence-electron chi connectivity index (χ0n) is 25.8. The van der Waals surface area contributed by atoms with Crippen LogP contribution in [0.25, 0.3) is 0 Å². The second-order valence-electron chi connectivity index (χ2n) is 11.8. The first-order chi connectivity index (χ1) is 19.8. The summed E-state index contributed by atoms with van der Waals surface area (Å²) >= 11 is 0. The van der Waals surface area contributed by atoms with Gasteiger partial charge >= 0.3 is 11.9 Å². The average Bonchev–Trinajstić information content (AvgIpc) is 2.96. The zero-order chi connectivity index (χ0) is 29.8. The molecule has 0 saturated heterocycles. The third-order valence-corrected chi connectivity index (χ3v) is 7.83. The molecule has 0 bridgehead atoms. The number of rotatable bonds is 22. The Labute approximate surface area is 248 Å². The molecule has 2 atom stereocenters. The molecule has 41 heavy (non-hydrogen) atoms. The molecule has 0 aromatic heterocycles. The predicted octanol–water partition coefficient (Wildman–Crippen LogP) is 8.43. The molecule has 0 spiro atoms. The number of methoxy groups -OCH3 is 1. The van der Waals surface area contributed by atoms with Crippen LogP contribution < -0.4 is 9.47 Å². The highest BCUT2D eigenvalue weighted by atomic mass is 16.5. The van der Waals surface area contributed by atoms with Crippen molar-refractivity contribution in [3.8, 4) is 11.5 Å². The minimum Gasteiger partial charge on any atom is -0.494 e. The molecule has 0 N–H and O–H groups in total. The van der Waals surface area contributed by atoms with Gasteiger partial charge in [-0.25, -0.2) is 0 Å². The van der Waals surface area contributed by atoms with E-state index in [0.717, 1.165) is 69.3 Å². The number of ether oxygens (including phenoxy) is 4. The summed E-state index contributed by atoms with van der Waals surface area (Å²) in [6.45, 7) is 8.21. The van der Waals surface area contributed by atoms with Crippen LogP contribution in [0.2, 0.25) is 0 Å². The van der Waals surface area contributed by atoms with Crippen LogP contribution >= 0.6 is 0 Å². The lowest BCUT2D eigenvalue weighted by molar-refractivity contribution is -0.147. The Morgan fingerprint density at radius 2 is 1.22 bits per heavy atom. The van der Waals surface area contributed by atoms with Crippen LogP contribution in [0.15, 0.2) is 60.7 Å².